The minimum Gasteiger partial charge on any atom is -0.355 e. The molecule has 0 aliphatic carbocycles. The quantitative estimate of drug-likeness (QED) is 0.708. The first-order chi connectivity index (χ1) is 13.8. The number of aromatic nitrogens is 1. The number of benzene rings is 2. The Morgan fingerprint density at radius 2 is 1.86 bits per heavy atom. The average Bonchev–Trinajstić information content (AvgIpc) is 2.68. The monoisotopic (exact) mass is 401 g/mol. The topological polar surface area (TPSA) is 65.2 Å². The van der Waals surface area contributed by atoms with E-state index < -0.39 is 17.1 Å². The number of halogens is 3. The van der Waals surface area contributed by atoms with Gasteiger partial charge in [0.2, 0.25) is 5.91 Å². The Labute approximate surface area is 164 Å². The molecule has 0 atom stereocenters. The summed E-state index contributed by atoms with van der Waals surface area (Å²) in [5, 5.41) is 2.39. The van der Waals surface area contributed by atoms with Crippen molar-refractivity contribution in [3.63, 3.8) is 0 Å². The van der Waals surface area contributed by atoms with Gasteiger partial charge in [0.25, 0.3) is 0 Å². The minimum absolute atomic E-state index is 0.0129. The van der Waals surface area contributed by atoms with Gasteiger partial charge in [-0.3, -0.25) is 14.5 Å². The average molecular weight is 401 g/mol. The summed E-state index contributed by atoms with van der Waals surface area (Å²) in [5.41, 5.74) is 1.09. The van der Waals surface area contributed by atoms with Crippen LogP contribution in [0, 0.1) is 24.4 Å². The Hall–Kier alpha value is -3.13. The summed E-state index contributed by atoms with van der Waals surface area (Å²) < 4.78 is 41.5. The van der Waals surface area contributed by atoms with E-state index in [4.69, 9.17) is 0 Å². The molecule has 0 saturated heterocycles. The predicted octanol–water partition coefficient (Wildman–Crippen LogP) is 3.25. The number of carbonyl (C=O) groups excluding carboxylic acids is 1. The number of aromatic amines is 1. The maximum Gasteiger partial charge on any atom is 0.238 e. The lowest BCUT2D eigenvalue weighted by Gasteiger charge is -2.28. The van der Waals surface area contributed by atoms with Gasteiger partial charge in [-0.05, 0) is 42.8 Å². The molecule has 0 unspecified atom stereocenters. The fourth-order valence-electron chi connectivity index (χ4n) is 3.62. The molecular weight excluding hydrogens is 383 g/mol. The van der Waals surface area contributed by atoms with Crippen LogP contribution in [0.25, 0.3) is 10.9 Å². The number of fused-ring (bicyclic) bond motifs is 2. The molecular formula is C21H18F3N3O2. The summed E-state index contributed by atoms with van der Waals surface area (Å²) in [6.45, 7) is 2.23. The molecule has 0 fully saturated rings. The maximum atomic E-state index is 14.1. The number of rotatable bonds is 3. The summed E-state index contributed by atoms with van der Waals surface area (Å²) in [4.78, 5) is 29.7. The number of anilines is 1. The highest BCUT2D eigenvalue weighted by Gasteiger charge is 2.24. The highest BCUT2D eigenvalue weighted by molar-refractivity contribution is 5.92. The number of hydrogen-bond acceptors (Lipinski definition) is 3. The summed E-state index contributed by atoms with van der Waals surface area (Å²) in [6.07, 6.45) is 0.402. The molecule has 29 heavy (non-hydrogen) atoms. The first-order valence-electron chi connectivity index (χ1n) is 9.13. The van der Waals surface area contributed by atoms with Gasteiger partial charge in [-0.1, -0.05) is 0 Å². The van der Waals surface area contributed by atoms with E-state index in [0.717, 1.165) is 12.1 Å². The number of hydrogen-bond donors (Lipinski definition) is 2. The van der Waals surface area contributed by atoms with Gasteiger partial charge in [-0.2, -0.15) is 0 Å². The first-order valence-corrected chi connectivity index (χ1v) is 9.13. The maximum absolute atomic E-state index is 14.1. The van der Waals surface area contributed by atoms with Crippen molar-refractivity contribution in [3.8, 4) is 0 Å². The standard InChI is InChI=1S/C21H18F3N3O2/c1-11-8-12(2-3-14(11)22)25-18(28)10-27-7-6-17-13(9-27)21(29)19-15(23)4-5-16(24)20(19)26-17/h2-5,8H,6-7,9-10H2,1H3,(H,25,28)(H,26,29). The van der Waals surface area contributed by atoms with E-state index in [1.807, 2.05) is 0 Å². The number of amides is 1. The van der Waals surface area contributed by atoms with Crippen molar-refractivity contribution < 1.29 is 18.0 Å². The number of nitrogens with one attached hydrogen (secondary N) is 2. The van der Waals surface area contributed by atoms with Gasteiger partial charge in [-0.15, -0.1) is 0 Å². The van der Waals surface area contributed by atoms with Gasteiger partial charge in [0.1, 0.15) is 17.5 Å². The second-order valence-corrected chi connectivity index (χ2v) is 7.16. The summed E-state index contributed by atoms with van der Waals surface area (Å²) >= 11 is 0. The lowest BCUT2D eigenvalue weighted by atomic mass is 10.0. The normalized spacial score (nSPS) is 14.1. The molecule has 0 spiro atoms. The molecule has 8 heteroatoms. The third kappa shape index (κ3) is 3.63. The molecule has 1 amide bonds. The van der Waals surface area contributed by atoms with Gasteiger partial charge in [-0.25, -0.2) is 13.2 Å². The molecule has 150 valence electrons. The van der Waals surface area contributed by atoms with E-state index in [0.29, 0.717) is 35.5 Å². The molecule has 0 radical (unpaired) electrons. The second kappa shape index (κ2) is 7.36. The van der Waals surface area contributed by atoms with Gasteiger partial charge in [0, 0.05) is 36.5 Å². The van der Waals surface area contributed by atoms with Crippen molar-refractivity contribution in [1.29, 1.82) is 0 Å². The van der Waals surface area contributed by atoms with E-state index in [1.165, 1.54) is 18.2 Å². The molecule has 1 aliphatic heterocycles. The predicted molar refractivity (Wildman–Crippen MR) is 103 cm³/mol. The zero-order valence-electron chi connectivity index (χ0n) is 15.6. The molecule has 5 nitrogen and oxygen atoms in total. The molecule has 2 heterocycles. The Morgan fingerprint density at radius 1 is 1.14 bits per heavy atom. The second-order valence-electron chi connectivity index (χ2n) is 7.16. The van der Waals surface area contributed by atoms with Crippen LogP contribution in [0.2, 0.25) is 0 Å². The summed E-state index contributed by atoms with van der Waals surface area (Å²) in [7, 11) is 0. The lowest BCUT2D eigenvalue weighted by Crippen LogP contribution is -2.39. The largest absolute Gasteiger partial charge is 0.355 e. The lowest BCUT2D eigenvalue weighted by molar-refractivity contribution is -0.117. The van der Waals surface area contributed by atoms with Crippen LogP contribution >= 0.6 is 0 Å². The third-order valence-electron chi connectivity index (χ3n) is 5.11. The number of nitrogens with zero attached hydrogens (tertiary/aromatic N) is 1. The molecule has 1 aromatic heterocycles. The Bertz CT molecular complexity index is 1190. The van der Waals surface area contributed by atoms with Gasteiger partial charge in [0.05, 0.1) is 17.4 Å². The Morgan fingerprint density at radius 3 is 2.62 bits per heavy atom. The molecule has 0 saturated carbocycles. The van der Waals surface area contributed by atoms with Crippen LogP contribution in [0.3, 0.4) is 0 Å². The molecule has 3 aromatic rings. The molecule has 2 N–H and O–H groups in total. The first kappa shape index (κ1) is 19.2. The van der Waals surface area contributed by atoms with E-state index >= 15 is 0 Å². The zero-order valence-corrected chi connectivity index (χ0v) is 15.6. The minimum atomic E-state index is -0.785. The third-order valence-corrected chi connectivity index (χ3v) is 5.11. The van der Waals surface area contributed by atoms with Crippen molar-refractivity contribution in [2.24, 2.45) is 0 Å². The van der Waals surface area contributed by atoms with Crippen LogP contribution in [-0.4, -0.2) is 28.9 Å². The highest BCUT2D eigenvalue weighted by atomic mass is 19.1. The van der Waals surface area contributed by atoms with Gasteiger partial charge < -0.3 is 10.3 Å². The molecule has 1 aliphatic rings. The van der Waals surface area contributed by atoms with Gasteiger partial charge >= 0.3 is 0 Å². The Kier molecular flexibility index (Phi) is 4.87. The van der Waals surface area contributed by atoms with Crippen LogP contribution in [-0.2, 0) is 17.8 Å². The van der Waals surface area contributed by atoms with Crippen molar-refractivity contribution in [3.05, 3.63) is 74.8 Å². The fraction of sp³-hybridized carbons (Fsp3) is 0.238. The van der Waals surface area contributed by atoms with E-state index in [-0.39, 0.29) is 35.7 Å². The molecule has 0 bridgehead atoms. The van der Waals surface area contributed by atoms with Crippen LogP contribution in [0.15, 0.2) is 35.1 Å². The smallest absolute Gasteiger partial charge is 0.238 e. The number of carbonyl (C=O) groups is 1. The van der Waals surface area contributed by atoms with E-state index in [2.05, 4.69) is 10.3 Å². The Balaban J connectivity index is 1.54. The summed E-state index contributed by atoms with van der Waals surface area (Å²) in [6, 6.07) is 6.20. The van der Waals surface area contributed by atoms with Crippen molar-refractivity contribution in [2.45, 2.75) is 19.9 Å². The van der Waals surface area contributed by atoms with Crippen LogP contribution < -0.4 is 10.7 Å². The van der Waals surface area contributed by atoms with E-state index in [9.17, 15) is 22.8 Å². The number of pyridine rings is 1. The van der Waals surface area contributed by atoms with Crippen molar-refractivity contribution in [2.75, 3.05) is 18.4 Å². The zero-order chi connectivity index (χ0) is 20.7. The number of H-pyrrole nitrogens is 1. The van der Waals surface area contributed by atoms with Crippen molar-refractivity contribution in [1.82, 2.24) is 9.88 Å². The van der Waals surface area contributed by atoms with Crippen LogP contribution in [0.4, 0.5) is 18.9 Å². The highest BCUT2D eigenvalue weighted by Crippen LogP contribution is 2.22. The number of aryl methyl sites for hydroxylation is 1. The van der Waals surface area contributed by atoms with Crippen LogP contribution in [0.5, 0.6) is 0 Å². The molecule has 2 aromatic carbocycles. The molecule has 4 rings (SSSR count). The van der Waals surface area contributed by atoms with Gasteiger partial charge in [0.15, 0.2) is 5.43 Å². The fourth-order valence-corrected chi connectivity index (χ4v) is 3.62. The SMILES string of the molecule is Cc1cc(NC(=O)CN2CCc3[nH]c4c(F)ccc(F)c4c(=O)c3C2)ccc1F. The van der Waals surface area contributed by atoms with Crippen molar-refractivity contribution >= 4 is 22.5 Å². The summed E-state index contributed by atoms with van der Waals surface area (Å²) in [5.74, 6) is -2.13. The van der Waals surface area contributed by atoms with Crippen LogP contribution in [0.1, 0.15) is 16.8 Å². The van der Waals surface area contributed by atoms with E-state index in [1.54, 1.807) is 11.8 Å².